The number of nitrogens with zero attached hydrogens (tertiary/aromatic N) is 1. The quantitative estimate of drug-likeness (QED) is 0.907. The molecule has 19 heavy (non-hydrogen) atoms. The summed E-state index contributed by atoms with van der Waals surface area (Å²) in [6.45, 7) is 9.38. The van der Waals surface area contributed by atoms with E-state index in [-0.39, 0.29) is 7.33 Å². The van der Waals surface area contributed by atoms with E-state index in [2.05, 4.69) is 30.1 Å². The second-order valence-electron chi connectivity index (χ2n) is 5.76. The van der Waals surface area contributed by atoms with Crippen molar-refractivity contribution in [1.29, 1.82) is 0 Å². The van der Waals surface area contributed by atoms with Crippen LogP contribution < -0.4 is 10.2 Å². The fourth-order valence-electron chi connectivity index (χ4n) is 2.98. The van der Waals surface area contributed by atoms with Crippen molar-refractivity contribution in [3.63, 3.8) is 0 Å². The molecule has 1 aliphatic heterocycles. The maximum absolute atomic E-state index is 11.9. The third-order valence-electron chi connectivity index (χ3n) is 3.68. The molecule has 0 radical (unpaired) electrons. The summed E-state index contributed by atoms with van der Waals surface area (Å²) in [7, 11) is 0. The maximum atomic E-state index is 11.9. The van der Waals surface area contributed by atoms with Gasteiger partial charge in [0.05, 0.1) is 0 Å². The molecule has 1 aliphatic rings. The smallest absolute Gasteiger partial charge is 0.251 e. The molecule has 1 amide bonds. The molecule has 1 aromatic rings. The van der Waals surface area contributed by atoms with Crippen molar-refractivity contribution >= 4 is 11.6 Å². The van der Waals surface area contributed by atoms with Gasteiger partial charge in [0, 0.05) is 32.3 Å². The number of amides is 1. The van der Waals surface area contributed by atoms with Crippen molar-refractivity contribution < 1.29 is 6.22 Å². The molecule has 106 valence electrons. The summed E-state index contributed by atoms with van der Waals surface area (Å²) in [6.07, 6.45) is 1.30. The van der Waals surface area contributed by atoms with Crippen molar-refractivity contribution in [3.05, 3.63) is 29.8 Å². The first-order valence-electron chi connectivity index (χ1n) is 7.23. The number of nitrogens with one attached hydrogen (secondary N) is 1. The zero-order valence-corrected chi connectivity index (χ0v) is 12.1. The molecule has 3 nitrogen and oxygen atoms in total. The van der Waals surface area contributed by atoms with Crippen molar-refractivity contribution in [2.75, 3.05) is 24.5 Å². The molecule has 0 aliphatic carbocycles. The van der Waals surface area contributed by atoms with Crippen LogP contribution in [0.3, 0.4) is 0 Å². The molecule has 1 saturated heterocycles. The Morgan fingerprint density at radius 1 is 1.37 bits per heavy atom. The number of carbonyl (C=O) groups excluding carboxylic acids is 1. The molecule has 1 heterocycles. The Morgan fingerprint density at radius 2 is 2.05 bits per heavy atom. The molecule has 3 heteroatoms. The molecule has 0 saturated carbocycles. The molecule has 1 aromatic carbocycles. The summed E-state index contributed by atoms with van der Waals surface area (Å²) < 4.78 is 0. The van der Waals surface area contributed by atoms with Crippen molar-refractivity contribution in [2.45, 2.75) is 27.2 Å². The van der Waals surface area contributed by atoms with Crippen LogP contribution in [0.5, 0.6) is 0 Å². The van der Waals surface area contributed by atoms with Crippen LogP contribution in [0.2, 0.25) is 0 Å². The molecule has 0 spiro atoms. The lowest BCUT2D eigenvalue weighted by Crippen LogP contribution is -2.38. The molecule has 1 N–H and O–H groups in total. The van der Waals surface area contributed by atoms with Gasteiger partial charge in [-0.15, -0.1) is 0 Å². The maximum Gasteiger partial charge on any atom is 0.251 e. The van der Waals surface area contributed by atoms with Gasteiger partial charge in [0.15, 0.2) is 0 Å². The highest BCUT2D eigenvalue weighted by Gasteiger charge is 2.22. The second kappa shape index (κ2) is 6.09. The van der Waals surface area contributed by atoms with E-state index in [0.717, 1.165) is 30.5 Å². The van der Waals surface area contributed by atoms with E-state index in [0.29, 0.717) is 6.54 Å². The standard InChI is InChI=1S/C16H24N2O.H2/c1-4-17-16(19)14-6-5-7-15(9-14)18-10-12(2)8-13(3)11-18;/h5-7,9,12-13H,4,8,10-11H2,1-3H3,(H,17,19);1H. The van der Waals surface area contributed by atoms with Gasteiger partial charge in [-0.25, -0.2) is 0 Å². The SMILES string of the molecule is CCNC(=O)c1cccc(N2CC(C)CC(C)C2)c1.[HH]. The fourth-order valence-corrected chi connectivity index (χ4v) is 2.98. The zero-order valence-electron chi connectivity index (χ0n) is 12.1. The average Bonchev–Trinajstić information content (AvgIpc) is 2.38. The highest BCUT2D eigenvalue weighted by molar-refractivity contribution is 5.95. The number of carbonyl (C=O) groups is 1. The molecule has 0 bridgehead atoms. The largest absolute Gasteiger partial charge is 0.371 e. The van der Waals surface area contributed by atoms with Crippen LogP contribution in [0.4, 0.5) is 5.69 Å². The van der Waals surface area contributed by atoms with Gasteiger partial charge in [0.25, 0.3) is 5.91 Å². The van der Waals surface area contributed by atoms with Crippen LogP contribution in [0.25, 0.3) is 0 Å². The van der Waals surface area contributed by atoms with E-state index in [1.54, 1.807) is 0 Å². The summed E-state index contributed by atoms with van der Waals surface area (Å²) in [5, 5.41) is 2.85. The Labute approximate surface area is 117 Å². The molecule has 2 atom stereocenters. The first-order valence-corrected chi connectivity index (χ1v) is 7.23. The number of rotatable bonds is 3. The third-order valence-corrected chi connectivity index (χ3v) is 3.68. The molecule has 2 unspecified atom stereocenters. The highest BCUT2D eigenvalue weighted by atomic mass is 16.1. The summed E-state index contributed by atoms with van der Waals surface area (Å²) in [4.78, 5) is 14.3. The van der Waals surface area contributed by atoms with Crippen LogP contribution in [0.15, 0.2) is 24.3 Å². The van der Waals surface area contributed by atoms with E-state index in [1.807, 2.05) is 25.1 Å². The minimum absolute atomic E-state index is 0. The summed E-state index contributed by atoms with van der Waals surface area (Å²) in [6, 6.07) is 7.97. The Morgan fingerprint density at radius 3 is 2.68 bits per heavy atom. The second-order valence-corrected chi connectivity index (χ2v) is 5.76. The van der Waals surface area contributed by atoms with Gasteiger partial charge in [-0.3, -0.25) is 4.79 Å². The lowest BCUT2D eigenvalue weighted by atomic mass is 9.91. The number of hydrogen-bond donors (Lipinski definition) is 1. The molecule has 1 fully saturated rings. The predicted octanol–water partition coefficient (Wildman–Crippen LogP) is 3.16. The Hall–Kier alpha value is -1.51. The Kier molecular flexibility index (Phi) is 4.46. The molecule has 0 aromatic heterocycles. The molecular formula is C16H26N2O. The van der Waals surface area contributed by atoms with Gasteiger partial charge in [-0.2, -0.15) is 0 Å². The first kappa shape index (κ1) is 13.9. The lowest BCUT2D eigenvalue weighted by molar-refractivity contribution is 0.0956. The number of anilines is 1. The minimum Gasteiger partial charge on any atom is -0.371 e. The zero-order chi connectivity index (χ0) is 13.8. The van der Waals surface area contributed by atoms with E-state index in [4.69, 9.17) is 0 Å². The predicted molar refractivity (Wildman–Crippen MR) is 81.7 cm³/mol. The van der Waals surface area contributed by atoms with E-state index in [1.165, 1.54) is 12.1 Å². The lowest BCUT2D eigenvalue weighted by Gasteiger charge is -2.36. The van der Waals surface area contributed by atoms with Gasteiger partial charge < -0.3 is 10.2 Å². The van der Waals surface area contributed by atoms with Crippen molar-refractivity contribution in [1.82, 2.24) is 5.32 Å². The van der Waals surface area contributed by atoms with Gasteiger partial charge in [0.1, 0.15) is 0 Å². The van der Waals surface area contributed by atoms with Crippen LogP contribution in [-0.2, 0) is 0 Å². The van der Waals surface area contributed by atoms with Crippen LogP contribution in [-0.4, -0.2) is 25.5 Å². The van der Waals surface area contributed by atoms with Crippen molar-refractivity contribution in [2.24, 2.45) is 11.8 Å². The summed E-state index contributed by atoms with van der Waals surface area (Å²) >= 11 is 0. The summed E-state index contributed by atoms with van der Waals surface area (Å²) in [5.74, 6) is 1.45. The third kappa shape index (κ3) is 3.49. The van der Waals surface area contributed by atoms with Crippen LogP contribution in [0, 0.1) is 11.8 Å². The topological polar surface area (TPSA) is 32.3 Å². The number of benzene rings is 1. The van der Waals surface area contributed by atoms with Gasteiger partial charge in [-0.1, -0.05) is 19.9 Å². The fraction of sp³-hybridized carbons (Fsp3) is 0.562. The Bertz CT molecular complexity index is 440. The molecule has 2 rings (SSSR count). The van der Waals surface area contributed by atoms with Gasteiger partial charge in [-0.05, 0) is 43.4 Å². The van der Waals surface area contributed by atoms with Gasteiger partial charge in [0.2, 0.25) is 0 Å². The number of hydrogen-bond acceptors (Lipinski definition) is 2. The van der Waals surface area contributed by atoms with E-state index < -0.39 is 0 Å². The average molecular weight is 262 g/mol. The first-order chi connectivity index (χ1) is 9.10. The van der Waals surface area contributed by atoms with Gasteiger partial charge >= 0.3 is 0 Å². The van der Waals surface area contributed by atoms with Crippen LogP contribution in [0.1, 0.15) is 39.0 Å². The number of piperidine rings is 1. The van der Waals surface area contributed by atoms with E-state index >= 15 is 0 Å². The van der Waals surface area contributed by atoms with Crippen molar-refractivity contribution in [3.8, 4) is 0 Å². The van der Waals surface area contributed by atoms with E-state index in [9.17, 15) is 4.79 Å². The normalized spacial score (nSPS) is 23.2. The Balaban J connectivity index is 0.00000200. The van der Waals surface area contributed by atoms with Crippen LogP contribution >= 0.6 is 0 Å². The summed E-state index contributed by atoms with van der Waals surface area (Å²) in [5.41, 5.74) is 1.92. The molecular weight excluding hydrogens is 236 g/mol. The minimum atomic E-state index is 0. The monoisotopic (exact) mass is 262 g/mol. The highest BCUT2D eigenvalue weighted by Crippen LogP contribution is 2.26.